The van der Waals surface area contributed by atoms with Gasteiger partial charge in [0.2, 0.25) is 10.0 Å². The third-order valence-corrected chi connectivity index (χ3v) is 5.99. The molecule has 2 aromatic carbocycles. The molecular weight excluding hydrogens is 378 g/mol. The van der Waals surface area contributed by atoms with Crippen LogP contribution < -0.4 is 4.72 Å². The summed E-state index contributed by atoms with van der Waals surface area (Å²) in [6, 6.07) is 17.3. The molecule has 7 heteroatoms. The van der Waals surface area contributed by atoms with Gasteiger partial charge in [-0.15, -0.1) is 0 Å². The molecule has 0 aliphatic rings. The lowest BCUT2D eigenvalue weighted by atomic mass is 9.78. The molecule has 0 aromatic heterocycles. The van der Waals surface area contributed by atoms with Crippen LogP contribution in [-0.2, 0) is 20.1 Å². The Kier molecular flexibility index (Phi) is 6.65. The van der Waals surface area contributed by atoms with Crippen molar-refractivity contribution in [3.8, 4) is 0 Å². The summed E-state index contributed by atoms with van der Waals surface area (Å²) in [5, 5.41) is 12.0. The molecule has 2 aromatic rings. The van der Waals surface area contributed by atoms with Gasteiger partial charge in [-0.2, -0.15) is 0 Å². The third kappa shape index (κ3) is 5.73. The molecule has 0 heterocycles. The first-order valence-corrected chi connectivity index (χ1v) is 14.2. The average molecular weight is 408 g/mol. The number of hydrogen-bond donors (Lipinski definition) is 2. The molecule has 2 rings (SSSR count). The highest BCUT2D eigenvalue weighted by Gasteiger charge is 2.45. The second-order valence-corrected chi connectivity index (χ2v) is 14.0. The number of benzene rings is 2. The van der Waals surface area contributed by atoms with Crippen molar-refractivity contribution >= 4 is 18.3 Å². The van der Waals surface area contributed by atoms with Crippen molar-refractivity contribution in [3.05, 3.63) is 71.8 Å². The molecule has 0 aliphatic heterocycles. The van der Waals surface area contributed by atoms with Gasteiger partial charge in [-0.1, -0.05) is 60.7 Å². The number of sulfonamides is 1. The van der Waals surface area contributed by atoms with Gasteiger partial charge >= 0.3 is 0 Å². The van der Waals surface area contributed by atoms with Crippen LogP contribution in [0.5, 0.6) is 0 Å². The van der Waals surface area contributed by atoms with Crippen LogP contribution in [0.1, 0.15) is 18.1 Å². The van der Waals surface area contributed by atoms with Crippen molar-refractivity contribution in [2.75, 3.05) is 6.26 Å². The van der Waals surface area contributed by atoms with Gasteiger partial charge in [0, 0.05) is 0 Å². The first kappa shape index (κ1) is 21.8. The Bertz CT molecular complexity index is 796. The molecule has 0 saturated heterocycles. The lowest BCUT2D eigenvalue weighted by molar-refractivity contribution is -0.000892. The van der Waals surface area contributed by atoms with Gasteiger partial charge in [0.25, 0.3) is 0 Å². The number of nitrogens with one attached hydrogen (secondary N) is 1. The number of rotatable bonds is 8. The van der Waals surface area contributed by atoms with Crippen molar-refractivity contribution in [2.45, 2.75) is 44.3 Å². The molecule has 0 saturated carbocycles. The highest BCUT2D eigenvalue weighted by molar-refractivity contribution is 7.88. The summed E-state index contributed by atoms with van der Waals surface area (Å²) < 4.78 is 33.1. The van der Waals surface area contributed by atoms with Crippen LogP contribution in [0.25, 0.3) is 0 Å². The summed E-state index contributed by atoms with van der Waals surface area (Å²) in [7, 11) is -5.58. The number of aliphatic hydroxyl groups is 1. The normalized spacial score (nSPS) is 15.3. The summed E-state index contributed by atoms with van der Waals surface area (Å²) in [6.45, 7) is 7.90. The predicted octanol–water partition coefficient (Wildman–Crippen LogP) is 3.08. The third-order valence-electron chi connectivity index (χ3n) is 4.23. The topological polar surface area (TPSA) is 75.6 Å². The van der Waals surface area contributed by atoms with Crippen LogP contribution >= 0.6 is 0 Å². The van der Waals surface area contributed by atoms with Crippen LogP contribution in [0.3, 0.4) is 0 Å². The van der Waals surface area contributed by atoms with Gasteiger partial charge in [0.05, 0.1) is 18.4 Å². The second kappa shape index (κ2) is 8.24. The Labute approximate surface area is 163 Å². The second-order valence-electron chi connectivity index (χ2n) is 7.80. The molecule has 2 atom stereocenters. The molecule has 2 N–H and O–H groups in total. The molecule has 148 valence electrons. The zero-order valence-corrected chi connectivity index (χ0v) is 18.3. The minimum Gasteiger partial charge on any atom is -0.413 e. The summed E-state index contributed by atoms with van der Waals surface area (Å²) in [4.78, 5) is 0. The first-order chi connectivity index (χ1) is 12.4. The van der Waals surface area contributed by atoms with Crippen molar-refractivity contribution in [3.63, 3.8) is 0 Å². The van der Waals surface area contributed by atoms with Gasteiger partial charge in [-0.05, 0) is 37.7 Å². The maximum atomic E-state index is 12.2. The van der Waals surface area contributed by atoms with Crippen molar-refractivity contribution < 1.29 is 18.0 Å². The zero-order valence-electron chi connectivity index (χ0n) is 16.5. The Morgan fingerprint density at radius 3 is 1.70 bits per heavy atom. The molecule has 0 bridgehead atoms. The lowest BCUT2D eigenvalue weighted by Crippen LogP contribution is -2.58. The van der Waals surface area contributed by atoms with E-state index in [4.69, 9.17) is 4.43 Å². The fraction of sp³-hybridized carbons (Fsp3) is 0.400. The Morgan fingerprint density at radius 2 is 1.37 bits per heavy atom. The summed E-state index contributed by atoms with van der Waals surface area (Å²) >= 11 is 0. The highest BCUT2D eigenvalue weighted by Crippen LogP contribution is 2.36. The monoisotopic (exact) mass is 407 g/mol. The molecule has 0 radical (unpaired) electrons. The van der Waals surface area contributed by atoms with Crippen LogP contribution in [-0.4, -0.2) is 40.2 Å². The maximum Gasteiger partial charge on any atom is 0.209 e. The van der Waals surface area contributed by atoms with E-state index in [1.165, 1.54) is 0 Å². The van der Waals surface area contributed by atoms with E-state index in [0.29, 0.717) is 11.1 Å². The van der Waals surface area contributed by atoms with Crippen molar-refractivity contribution in [1.29, 1.82) is 0 Å². The predicted molar refractivity (Wildman–Crippen MR) is 112 cm³/mol. The standard InChI is InChI=1S/C20H29NO4SSi/c1-16(25-27(3,4)5)19(21-26(2,23)24)20(22,17-12-8-6-9-13-17)18-14-10-7-11-15-18/h6-16,19,21-22H,1-5H3. The fourth-order valence-corrected chi connectivity index (χ4v) is 5.36. The summed E-state index contributed by atoms with van der Waals surface area (Å²) in [6.07, 6.45) is 0.550. The van der Waals surface area contributed by atoms with Crippen LogP contribution in [0.15, 0.2) is 60.7 Å². The van der Waals surface area contributed by atoms with Crippen LogP contribution in [0, 0.1) is 0 Å². The van der Waals surface area contributed by atoms with E-state index in [0.717, 1.165) is 6.26 Å². The van der Waals surface area contributed by atoms with E-state index < -0.39 is 36.1 Å². The van der Waals surface area contributed by atoms with Gasteiger partial charge in [0.1, 0.15) is 5.60 Å². The van der Waals surface area contributed by atoms with Gasteiger partial charge < -0.3 is 9.53 Å². The van der Waals surface area contributed by atoms with Crippen LogP contribution in [0.2, 0.25) is 19.6 Å². The Morgan fingerprint density at radius 1 is 0.963 bits per heavy atom. The molecule has 0 fully saturated rings. The van der Waals surface area contributed by atoms with E-state index in [1.54, 1.807) is 31.2 Å². The highest BCUT2D eigenvalue weighted by atomic mass is 32.2. The SMILES string of the molecule is CC(O[Si](C)(C)C)C(NS(C)(=O)=O)C(O)(c1ccccc1)c1ccccc1. The zero-order chi connectivity index (χ0) is 20.3. The quantitative estimate of drug-likeness (QED) is 0.660. The lowest BCUT2D eigenvalue weighted by Gasteiger charge is -2.42. The minimum absolute atomic E-state index is 0.545. The van der Waals surface area contributed by atoms with Gasteiger partial charge in [-0.3, -0.25) is 0 Å². The van der Waals surface area contributed by atoms with E-state index in [1.807, 2.05) is 56.0 Å². The van der Waals surface area contributed by atoms with Gasteiger partial charge in [-0.25, -0.2) is 13.1 Å². The smallest absolute Gasteiger partial charge is 0.209 e. The Balaban J connectivity index is 2.66. The molecule has 0 aliphatic carbocycles. The van der Waals surface area contributed by atoms with E-state index in [-0.39, 0.29) is 0 Å². The van der Waals surface area contributed by atoms with Crippen LogP contribution in [0.4, 0.5) is 0 Å². The average Bonchev–Trinajstić information content (AvgIpc) is 2.58. The summed E-state index contributed by atoms with van der Waals surface area (Å²) in [5.41, 5.74) is -0.392. The molecule has 5 nitrogen and oxygen atoms in total. The molecule has 2 unspecified atom stereocenters. The largest absolute Gasteiger partial charge is 0.413 e. The molecule has 27 heavy (non-hydrogen) atoms. The van der Waals surface area contributed by atoms with E-state index >= 15 is 0 Å². The summed E-state index contributed by atoms with van der Waals surface area (Å²) in [5.74, 6) is 0. The first-order valence-electron chi connectivity index (χ1n) is 8.92. The fourth-order valence-electron chi connectivity index (χ4n) is 3.29. The maximum absolute atomic E-state index is 12.2. The van der Waals surface area contributed by atoms with E-state index in [9.17, 15) is 13.5 Å². The van der Waals surface area contributed by atoms with E-state index in [2.05, 4.69) is 4.72 Å². The van der Waals surface area contributed by atoms with Crippen molar-refractivity contribution in [1.82, 2.24) is 4.72 Å². The molecule has 0 amide bonds. The number of hydrogen-bond acceptors (Lipinski definition) is 4. The Hall–Kier alpha value is -1.51. The molecular formula is C20H29NO4SSi. The van der Waals surface area contributed by atoms with Gasteiger partial charge in [0.15, 0.2) is 8.32 Å². The molecule has 0 spiro atoms. The van der Waals surface area contributed by atoms with Crippen molar-refractivity contribution in [2.24, 2.45) is 0 Å². The minimum atomic E-state index is -3.60.